The number of aliphatic carboxylic acids is 1. The first-order valence-corrected chi connectivity index (χ1v) is 10.0. The van der Waals surface area contributed by atoms with Crippen molar-refractivity contribution in [2.24, 2.45) is 11.3 Å². The molecule has 7 nitrogen and oxygen atoms in total. The molecular formula is C15H20N2O5S2. The molecular weight excluding hydrogens is 352 g/mol. The summed E-state index contributed by atoms with van der Waals surface area (Å²) in [5, 5.41) is 11.2. The topological polar surface area (TPSA) is 95.0 Å². The van der Waals surface area contributed by atoms with E-state index in [1.165, 1.54) is 25.1 Å². The Morgan fingerprint density at radius 1 is 1.42 bits per heavy atom. The molecule has 0 aromatic carbocycles. The van der Waals surface area contributed by atoms with E-state index in [0.717, 1.165) is 28.5 Å². The number of rotatable bonds is 4. The molecule has 3 rings (SSSR count). The van der Waals surface area contributed by atoms with E-state index in [0.29, 0.717) is 13.0 Å². The van der Waals surface area contributed by atoms with Crippen molar-refractivity contribution in [1.29, 1.82) is 0 Å². The molecule has 24 heavy (non-hydrogen) atoms. The first-order valence-electron chi connectivity index (χ1n) is 7.73. The van der Waals surface area contributed by atoms with Gasteiger partial charge in [0.05, 0.1) is 5.41 Å². The highest BCUT2D eigenvalue weighted by molar-refractivity contribution is 7.89. The molecule has 0 spiro atoms. The van der Waals surface area contributed by atoms with Crippen molar-refractivity contribution < 1.29 is 23.1 Å². The van der Waals surface area contributed by atoms with Gasteiger partial charge in [-0.05, 0) is 30.2 Å². The lowest BCUT2D eigenvalue weighted by Gasteiger charge is -2.23. The number of carboxylic acid groups (broad SMARTS) is 1. The van der Waals surface area contributed by atoms with Gasteiger partial charge >= 0.3 is 5.97 Å². The Kier molecular flexibility index (Phi) is 4.21. The zero-order chi connectivity index (χ0) is 17.7. The van der Waals surface area contributed by atoms with Gasteiger partial charge in [0.25, 0.3) is 5.91 Å². The van der Waals surface area contributed by atoms with Crippen LogP contribution in [0, 0.1) is 11.3 Å². The molecule has 2 atom stereocenters. The molecule has 1 aromatic rings. The largest absolute Gasteiger partial charge is 0.481 e. The predicted octanol–water partition coefficient (Wildman–Crippen LogP) is 1.33. The highest BCUT2D eigenvalue weighted by atomic mass is 32.2. The average molecular weight is 372 g/mol. The van der Waals surface area contributed by atoms with Crippen LogP contribution < -0.4 is 0 Å². The molecule has 0 bridgehead atoms. The van der Waals surface area contributed by atoms with Crippen LogP contribution in [0.15, 0.2) is 16.3 Å². The minimum atomic E-state index is -3.71. The molecule has 2 fully saturated rings. The number of hydrogen-bond acceptors (Lipinski definition) is 5. The molecule has 1 aromatic heterocycles. The van der Waals surface area contributed by atoms with Crippen molar-refractivity contribution in [3.05, 3.63) is 16.3 Å². The number of thiophene rings is 1. The van der Waals surface area contributed by atoms with E-state index in [-0.39, 0.29) is 28.1 Å². The number of carbonyl (C=O) groups is 2. The smallest absolute Gasteiger partial charge is 0.311 e. The van der Waals surface area contributed by atoms with Gasteiger partial charge in [0, 0.05) is 27.2 Å². The molecule has 1 N–H and O–H groups in total. The fraction of sp³-hybridized carbons (Fsp3) is 0.600. The van der Waals surface area contributed by atoms with Gasteiger partial charge in [0.15, 0.2) is 0 Å². The summed E-state index contributed by atoms with van der Waals surface area (Å²) in [6, 6.07) is 1.43. The van der Waals surface area contributed by atoms with Crippen LogP contribution in [-0.4, -0.2) is 61.8 Å². The first-order chi connectivity index (χ1) is 11.2. The molecule has 1 aliphatic heterocycles. The van der Waals surface area contributed by atoms with Crippen LogP contribution in [0.5, 0.6) is 0 Å². The van der Waals surface area contributed by atoms with Gasteiger partial charge in [-0.3, -0.25) is 9.59 Å². The maximum absolute atomic E-state index is 12.9. The zero-order valence-corrected chi connectivity index (χ0v) is 15.2. The lowest BCUT2D eigenvalue weighted by Crippen LogP contribution is -2.37. The Balaban J connectivity index is 1.91. The third kappa shape index (κ3) is 2.46. The summed E-state index contributed by atoms with van der Waals surface area (Å²) in [6.45, 7) is 0.537. The Hall–Kier alpha value is -1.45. The number of hydrogen-bond donors (Lipinski definition) is 1. The molecule has 1 saturated heterocycles. The lowest BCUT2D eigenvalue weighted by atomic mass is 9.81. The van der Waals surface area contributed by atoms with E-state index in [2.05, 4.69) is 0 Å². The number of nitrogens with zero attached hydrogens (tertiary/aromatic N) is 2. The predicted molar refractivity (Wildman–Crippen MR) is 88.5 cm³/mol. The van der Waals surface area contributed by atoms with Crippen molar-refractivity contribution in [2.75, 3.05) is 27.2 Å². The minimum absolute atomic E-state index is 0.0102. The van der Waals surface area contributed by atoms with Crippen LogP contribution in [-0.2, 0) is 14.8 Å². The summed E-state index contributed by atoms with van der Waals surface area (Å²) < 4.78 is 25.8. The monoisotopic (exact) mass is 372 g/mol. The summed E-state index contributed by atoms with van der Waals surface area (Å²) >= 11 is 1.08. The van der Waals surface area contributed by atoms with E-state index in [1.807, 2.05) is 0 Å². The van der Waals surface area contributed by atoms with Gasteiger partial charge in [0.1, 0.15) is 9.77 Å². The second-order valence-corrected chi connectivity index (χ2v) is 9.67. The molecule has 9 heteroatoms. The first kappa shape index (κ1) is 17.4. The fourth-order valence-corrected chi connectivity index (χ4v) is 6.05. The number of amides is 1. The Bertz CT molecular complexity index is 786. The van der Waals surface area contributed by atoms with Gasteiger partial charge in [0.2, 0.25) is 10.0 Å². The molecule has 132 valence electrons. The van der Waals surface area contributed by atoms with Crippen molar-refractivity contribution in [2.45, 2.75) is 24.2 Å². The highest BCUT2D eigenvalue weighted by Gasteiger charge is 2.56. The molecule has 0 radical (unpaired) electrons. The Morgan fingerprint density at radius 2 is 2.12 bits per heavy atom. The van der Waals surface area contributed by atoms with E-state index in [1.54, 1.807) is 5.38 Å². The molecule has 0 unspecified atom stereocenters. The van der Waals surface area contributed by atoms with E-state index >= 15 is 0 Å². The van der Waals surface area contributed by atoms with Crippen LogP contribution in [0.1, 0.15) is 28.9 Å². The summed E-state index contributed by atoms with van der Waals surface area (Å²) in [4.78, 5) is 26.3. The van der Waals surface area contributed by atoms with Gasteiger partial charge in [-0.2, -0.15) is 0 Å². The standard InChI is InChI=1S/C15H20N2O5S2/c1-16(2)24(21,22)11-5-7-23-12(11)13(18)17-8-10-4-3-6-15(10,9-17)14(19)20/h5,7,10H,3-4,6,8-9H2,1-2H3,(H,19,20)/t10-,15+/m0/s1. The Labute approximate surface area is 144 Å². The Morgan fingerprint density at radius 3 is 2.71 bits per heavy atom. The number of carboxylic acids is 1. The summed E-state index contributed by atoms with van der Waals surface area (Å²) in [6.07, 6.45) is 2.23. The quantitative estimate of drug-likeness (QED) is 0.860. The number of sulfonamides is 1. The molecule has 2 heterocycles. The molecule has 1 saturated carbocycles. The molecule has 2 aliphatic rings. The van der Waals surface area contributed by atoms with E-state index in [4.69, 9.17) is 0 Å². The van der Waals surface area contributed by atoms with Crippen LogP contribution in [0.2, 0.25) is 0 Å². The second kappa shape index (κ2) is 5.82. The number of carbonyl (C=O) groups excluding carboxylic acids is 1. The van der Waals surface area contributed by atoms with Gasteiger partial charge in [-0.15, -0.1) is 11.3 Å². The van der Waals surface area contributed by atoms with Crippen LogP contribution in [0.3, 0.4) is 0 Å². The fourth-order valence-electron chi connectivity index (χ4n) is 3.79. The van der Waals surface area contributed by atoms with Gasteiger partial charge in [-0.1, -0.05) is 6.42 Å². The molecule has 1 amide bonds. The SMILES string of the molecule is CN(C)S(=O)(=O)c1ccsc1C(=O)N1C[C@@H]2CCC[C@@]2(C(=O)O)C1. The maximum Gasteiger partial charge on any atom is 0.311 e. The van der Waals surface area contributed by atoms with Crippen LogP contribution >= 0.6 is 11.3 Å². The van der Waals surface area contributed by atoms with E-state index < -0.39 is 21.4 Å². The van der Waals surface area contributed by atoms with Crippen molar-refractivity contribution in [3.63, 3.8) is 0 Å². The minimum Gasteiger partial charge on any atom is -0.481 e. The van der Waals surface area contributed by atoms with Crippen LogP contribution in [0.25, 0.3) is 0 Å². The second-order valence-electron chi connectivity index (χ2n) is 6.64. The molecule has 1 aliphatic carbocycles. The summed E-state index contributed by atoms with van der Waals surface area (Å²) in [5.74, 6) is -1.29. The van der Waals surface area contributed by atoms with Gasteiger partial charge < -0.3 is 10.0 Å². The normalized spacial score (nSPS) is 26.8. The number of fused-ring (bicyclic) bond motifs is 1. The summed E-state index contributed by atoms with van der Waals surface area (Å²) in [7, 11) is -0.874. The zero-order valence-electron chi connectivity index (χ0n) is 13.6. The average Bonchev–Trinajstić information content (AvgIpc) is 3.19. The maximum atomic E-state index is 12.9. The summed E-state index contributed by atoms with van der Waals surface area (Å²) in [5.41, 5.74) is -0.868. The van der Waals surface area contributed by atoms with Crippen molar-refractivity contribution in [3.8, 4) is 0 Å². The lowest BCUT2D eigenvalue weighted by molar-refractivity contribution is -0.149. The number of likely N-dealkylation sites (tertiary alicyclic amines) is 1. The third-order valence-electron chi connectivity index (χ3n) is 5.17. The van der Waals surface area contributed by atoms with Crippen molar-refractivity contribution in [1.82, 2.24) is 9.21 Å². The third-order valence-corrected chi connectivity index (χ3v) is 8.05. The van der Waals surface area contributed by atoms with Gasteiger partial charge in [-0.25, -0.2) is 12.7 Å². The van der Waals surface area contributed by atoms with Crippen LogP contribution in [0.4, 0.5) is 0 Å². The highest BCUT2D eigenvalue weighted by Crippen LogP contribution is 2.49. The van der Waals surface area contributed by atoms with Crippen molar-refractivity contribution >= 4 is 33.2 Å². The van der Waals surface area contributed by atoms with E-state index in [9.17, 15) is 23.1 Å².